The van der Waals surface area contributed by atoms with Gasteiger partial charge in [-0.2, -0.15) is 4.98 Å². The highest BCUT2D eigenvalue weighted by molar-refractivity contribution is 5.79. The molecule has 2 N–H and O–H groups in total. The van der Waals surface area contributed by atoms with Gasteiger partial charge in [-0.3, -0.25) is 0 Å². The van der Waals surface area contributed by atoms with Gasteiger partial charge in [0.25, 0.3) is 0 Å². The number of aromatic nitrogens is 3. The molecular weight excluding hydrogens is 232 g/mol. The Balaban J connectivity index is 1.91. The van der Waals surface area contributed by atoms with Crippen LogP contribution in [0.1, 0.15) is 30.4 Å². The van der Waals surface area contributed by atoms with Crippen molar-refractivity contribution in [2.75, 3.05) is 0 Å². The molecule has 0 bridgehead atoms. The van der Waals surface area contributed by atoms with Crippen molar-refractivity contribution in [3.05, 3.63) is 41.7 Å². The van der Waals surface area contributed by atoms with E-state index in [1.165, 1.54) is 0 Å². The van der Waals surface area contributed by atoms with Crippen LogP contribution in [0.4, 0.5) is 0 Å². The predicted molar refractivity (Wildman–Crippen MR) is 63.7 cm³/mol. The molecule has 6 nitrogen and oxygen atoms in total. The van der Waals surface area contributed by atoms with Crippen LogP contribution in [0.15, 0.2) is 33.3 Å². The van der Waals surface area contributed by atoms with Gasteiger partial charge in [0, 0.05) is 5.39 Å². The Kier molecular flexibility index (Phi) is 2.56. The average Bonchev–Trinajstić information content (AvgIpc) is 2.98. The van der Waals surface area contributed by atoms with Crippen molar-refractivity contribution >= 4 is 11.0 Å². The highest BCUT2D eigenvalue weighted by Gasteiger charge is 2.14. The molecule has 0 saturated heterocycles. The molecule has 1 aromatic carbocycles. The summed E-state index contributed by atoms with van der Waals surface area (Å²) in [5.41, 5.74) is 7.20. The van der Waals surface area contributed by atoms with Crippen molar-refractivity contribution in [2.45, 2.75) is 19.4 Å². The minimum absolute atomic E-state index is 0.239. The monoisotopic (exact) mass is 244 g/mol. The quantitative estimate of drug-likeness (QED) is 0.755. The smallest absolute Gasteiger partial charge is 0.232 e. The molecule has 0 radical (unpaired) electrons. The van der Waals surface area contributed by atoms with Crippen LogP contribution in [0.3, 0.4) is 0 Å². The fourth-order valence-corrected chi connectivity index (χ4v) is 1.73. The van der Waals surface area contributed by atoms with Crippen molar-refractivity contribution in [3.8, 4) is 0 Å². The summed E-state index contributed by atoms with van der Waals surface area (Å²) in [7, 11) is 0. The molecule has 0 spiro atoms. The first-order valence-corrected chi connectivity index (χ1v) is 5.65. The summed E-state index contributed by atoms with van der Waals surface area (Å²) in [4.78, 5) is 4.21. The van der Waals surface area contributed by atoms with E-state index in [0.29, 0.717) is 18.1 Å². The number of rotatable bonds is 3. The third kappa shape index (κ3) is 1.86. The number of fused-ring (bicyclic) bond motifs is 1. The molecule has 0 aliphatic rings. The Morgan fingerprint density at radius 2 is 2.06 bits per heavy atom. The zero-order valence-corrected chi connectivity index (χ0v) is 9.83. The van der Waals surface area contributed by atoms with Gasteiger partial charge in [0.2, 0.25) is 5.89 Å². The highest BCUT2D eigenvalue weighted by atomic mass is 16.5. The Labute approximate surface area is 103 Å². The Bertz CT molecular complexity index is 671. The van der Waals surface area contributed by atoms with E-state index in [0.717, 1.165) is 16.7 Å². The van der Waals surface area contributed by atoms with Crippen molar-refractivity contribution in [2.24, 2.45) is 5.73 Å². The Morgan fingerprint density at radius 1 is 1.22 bits per heavy atom. The van der Waals surface area contributed by atoms with E-state index < -0.39 is 0 Å². The molecular formula is C12H12N4O2. The van der Waals surface area contributed by atoms with Gasteiger partial charge in [0.15, 0.2) is 11.4 Å². The van der Waals surface area contributed by atoms with Crippen molar-refractivity contribution in [1.82, 2.24) is 15.3 Å². The number of hydrogen-bond donors (Lipinski definition) is 1. The van der Waals surface area contributed by atoms with Crippen molar-refractivity contribution in [1.29, 1.82) is 0 Å². The summed E-state index contributed by atoms with van der Waals surface area (Å²) >= 11 is 0. The van der Waals surface area contributed by atoms with E-state index >= 15 is 0 Å². The fraction of sp³-hybridized carbons (Fsp3) is 0.250. The first-order chi connectivity index (χ1) is 8.74. The fourth-order valence-electron chi connectivity index (χ4n) is 1.73. The summed E-state index contributed by atoms with van der Waals surface area (Å²) in [6.07, 6.45) is 0.441. The molecule has 0 aliphatic heterocycles. The normalized spacial score (nSPS) is 13.0. The Morgan fingerprint density at radius 3 is 2.83 bits per heavy atom. The molecule has 0 saturated carbocycles. The third-order valence-corrected chi connectivity index (χ3v) is 2.66. The number of nitrogens with two attached hydrogens (primary N) is 1. The zero-order chi connectivity index (χ0) is 12.5. The van der Waals surface area contributed by atoms with Crippen LogP contribution in [0.25, 0.3) is 11.0 Å². The average molecular weight is 244 g/mol. The standard InChI is InChI=1S/C12H12N4O2/c1-7(13)12-14-11(18-16-12)6-9-8-4-2-3-5-10(8)17-15-9/h2-5,7H,6,13H2,1H3. The summed E-state index contributed by atoms with van der Waals surface area (Å²) in [6, 6.07) is 7.41. The number of hydrogen-bond acceptors (Lipinski definition) is 6. The van der Waals surface area contributed by atoms with Crippen LogP contribution in [0, 0.1) is 0 Å². The molecule has 2 heterocycles. The minimum atomic E-state index is -0.239. The lowest BCUT2D eigenvalue weighted by atomic mass is 10.2. The van der Waals surface area contributed by atoms with Crippen LogP contribution in [0.5, 0.6) is 0 Å². The SMILES string of the molecule is CC(N)c1noc(Cc2noc3ccccc23)n1. The van der Waals surface area contributed by atoms with E-state index in [2.05, 4.69) is 15.3 Å². The minimum Gasteiger partial charge on any atom is -0.356 e. The van der Waals surface area contributed by atoms with Gasteiger partial charge in [-0.25, -0.2) is 0 Å². The van der Waals surface area contributed by atoms with Gasteiger partial charge in [-0.15, -0.1) is 0 Å². The molecule has 2 aromatic heterocycles. The molecule has 3 aromatic rings. The maximum Gasteiger partial charge on any atom is 0.232 e. The largest absolute Gasteiger partial charge is 0.356 e. The molecule has 1 atom stereocenters. The van der Waals surface area contributed by atoms with E-state index in [4.69, 9.17) is 14.8 Å². The first-order valence-electron chi connectivity index (χ1n) is 5.65. The van der Waals surface area contributed by atoms with E-state index in [1.807, 2.05) is 24.3 Å². The number of nitrogens with zero attached hydrogens (tertiary/aromatic N) is 3. The molecule has 3 rings (SSSR count). The van der Waals surface area contributed by atoms with Crippen LogP contribution in [-0.4, -0.2) is 15.3 Å². The Hall–Kier alpha value is -2.21. The highest BCUT2D eigenvalue weighted by Crippen LogP contribution is 2.20. The summed E-state index contributed by atoms with van der Waals surface area (Å²) < 4.78 is 10.3. The molecule has 18 heavy (non-hydrogen) atoms. The molecule has 1 unspecified atom stereocenters. The van der Waals surface area contributed by atoms with Gasteiger partial charge >= 0.3 is 0 Å². The molecule has 0 amide bonds. The molecule has 6 heteroatoms. The van der Waals surface area contributed by atoms with Crippen LogP contribution >= 0.6 is 0 Å². The second-order valence-electron chi connectivity index (χ2n) is 4.14. The number of para-hydroxylation sites is 1. The maximum atomic E-state index is 5.67. The van der Waals surface area contributed by atoms with Gasteiger partial charge in [-0.05, 0) is 19.1 Å². The zero-order valence-electron chi connectivity index (χ0n) is 9.83. The van der Waals surface area contributed by atoms with Crippen LogP contribution < -0.4 is 5.73 Å². The molecule has 0 fully saturated rings. The van der Waals surface area contributed by atoms with Crippen molar-refractivity contribution < 1.29 is 9.05 Å². The van der Waals surface area contributed by atoms with Gasteiger partial charge < -0.3 is 14.8 Å². The van der Waals surface area contributed by atoms with Crippen LogP contribution in [-0.2, 0) is 6.42 Å². The lowest BCUT2D eigenvalue weighted by molar-refractivity contribution is 0.372. The molecule has 0 aliphatic carbocycles. The lowest BCUT2D eigenvalue weighted by Crippen LogP contribution is -2.06. The van der Waals surface area contributed by atoms with E-state index in [-0.39, 0.29) is 6.04 Å². The maximum absolute atomic E-state index is 5.67. The van der Waals surface area contributed by atoms with Crippen molar-refractivity contribution in [3.63, 3.8) is 0 Å². The van der Waals surface area contributed by atoms with Gasteiger partial charge in [0.05, 0.1) is 12.5 Å². The van der Waals surface area contributed by atoms with E-state index in [1.54, 1.807) is 6.92 Å². The second-order valence-corrected chi connectivity index (χ2v) is 4.14. The topological polar surface area (TPSA) is 91.0 Å². The third-order valence-electron chi connectivity index (χ3n) is 2.66. The second kappa shape index (κ2) is 4.23. The lowest BCUT2D eigenvalue weighted by Gasteiger charge is -1.93. The number of benzene rings is 1. The van der Waals surface area contributed by atoms with Gasteiger partial charge in [0.1, 0.15) is 5.69 Å². The van der Waals surface area contributed by atoms with E-state index in [9.17, 15) is 0 Å². The van der Waals surface area contributed by atoms with Gasteiger partial charge in [-0.1, -0.05) is 22.4 Å². The summed E-state index contributed by atoms with van der Waals surface area (Å²) in [5, 5.41) is 8.77. The summed E-state index contributed by atoms with van der Waals surface area (Å²) in [6.45, 7) is 1.81. The molecule has 92 valence electrons. The van der Waals surface area contributed by atoms with Crippen LogP contribution in [0.2, 0.25) is 0 Å². The first kappa shape index (κ1) is 10.9. The summed E-state index contributed by atoms with van der Waals surface area (Å²) in [5.74, 6) is 0.985. The predicted octanol–water partition coefficient (Wildman–Crippen LogP) is 1.82.